The maximum absolute atomic E-state index is 10.3. The van der Waals surface area contributed by atoms with Crippen LogP contribution in [0, 0.1) is 4.91 Å². The van der Waals surface area contributed by atoms with Crippen LogP contribution >= 0.6 is 0 Å². The summed E-state index contributed by atoms with van der Waals surface area (Å²) in [6.07, 6.45) is 4.54. The van der Waals surface area contributed by atoms with E-state index in [9.17, 15) is 4.91 Å². The Bertz CT molecular complexity index is 326. The Balaban J connectivity index is 2.06. The molecule has 1 aliphatic rings. The molecule has 0 atom stereocenters. The topological polar surface area (TPSA) is 55.4 Å². The van der Waals surface area contributed by atoms with Crippen molar-refractivity contribution >= 4 is 5.69 Å². The third-order valence-corrected chi connectivity index (χ3v) is 3.24. The van der Waals surface area contributed by atoms with Crippen molar-refractivity contribution in [2.24, 2.45) is 10.9 Å². The fourth-order valence-corrected chi connectivity index (χ4v) is 2.26. The zero-order chi connectivity index (χ0) is 10.7. The maximum Gasteiger partial charge on any atom is 0.108 e. The molecule has 0 amide bonds. The number of nitrogens with zero attached hydrogens (tertiary/aromatic N) is 1. The molecule has 3 nitrogen and oxygen atoms in total. The third-order valence-electron chi connectivity index (χ3n) is 3.24. The van der Waals surface area contributed by atoms with E-state index in [1.807, 2.05) is 12.1 Å². The number of nitrogens with two attached hydrogens (primary N) is 1. The highest BCUT2D eigenvalue weighted by atomic mass is 16.3. The van der Waals surface area contributed by atoms with Crippen LogP contribution in [-0.2, 0) is 0 Å². The summed E-state index contributed by atoms with van der Waals surface area (Å²) in [5.41, 5.74) is 7.68. The van der Waals surface area contributed by atoms with E-state index in [0.717, 1.165) is 25.7 Å². The Morgan fingerprint density at radius 2 is 1.67 bits per heavy atom. The van der Waals surface area contributed by atoms with Gasteiger partial charge in [-0.3, -0.25) is 0 Å². The lowest BCUT2D eigenvalue weighted by atomic mass is 9.82. The molecule has 0 spiro atoms. The molecule has 0 unspecified atom stereocenters. The molecule has 0 radical (unpaired) electrons. The van der Waals surface area contributed by atoms with Crippen molar-refractivity contribution in [3.05, 3.63) is 34.7 Å². The summed E-state index contributed by atoms with van der Waals surface area (Å²) in [4.78, 5) is 10.3. The minimum Gasteiger partial charge on any atom is -0.328 e. The van der Waals surface area contributed by atoms with Crippen LogP contribution in [0.3, 0.4) is 0 Å². The number of benzene rings is 1. The van der Waals surface area contributed by atoms with E-state index in [1.54, 1.807) is 12.1 Å². The molecule has 3 heteroatoms. The Kier molecular flexibility index (Phi) is 3.11. The SMILES string of the molecule is NC1CCC(c2ccc(N=O)cc2)CC1. The van der Waals surface area contributed by atoms with Crippen molar-refractivity contribution in [2.45, 2.75) is 37.6 Å². The molecule has 0 aliphatic heterocycles. The average Bonchev–Trinajstić information content (AvgIpc) is 2.30. The van der Waals surface area contributed by atoms with E-state index in [0.29, 0.717) is 17.6 Å². The van der Waals surface area contributed by atoms with Crippen LogP contribution in [0.4, 0.5) is 5.69 Å². The van der Waals surface area contributed by atoms with Crippen molar-refractivity contribution in [2.75, 3.05) is 0 Å². The molecule has 0 aromatic heterocycles. The van der Waals surface area contributed by atoms with Gasteiger partial charge in [0.1, 0.15) is 5.69 Å². The Morgan fingerprint density at radius 1 is 1.07 bits per heavy atom. The molecule has 1 aliphatic carbocycles. The van der Waals surface area contributed by atoms with E-state index < -0.39 is 0 Å². The van der Waals surface area contributed by atoms with Crippen LogP contribution in [0.25, 0.3) is 0 Å². The molecule has 80 valence electrons. The summed E-state index contributed by atoms with van der Waals surface area (Å²) >= 11 is 0. The van der Waals surface area contributed by atoms with E-state index in [-0.39, 0.29) is 0 Å². The molecule has 0 bridgehead atoms. The van der Waals surface area contributed by atoms with Gasteiger partial charge in [0.05, 0.1) is 0 Å². The summed E-state index contributed by atoms with van der Waals surface area (Å²) in [5, 5.41) is 2.90. The summed E-state index contributed by atoms with van der Waals surface area (Å²) in [6.45, 7) is 0. The highest BCUT2D eigenvalue weighted by Crippen LogP contribution is 2.32. The van der Waals surface area contributed by atoms with E-state index in [4.69, 9.17) is 5.73 Å². The van der Waals surface area contributed by atoms with Crippen LogP contribution in [0.2, 0.25) is 0 Å². The lowest BCUT2D eigenvalue weighted by Gasteiger charge is -2.26. The zero-order valence-electron chi connectivity index (χ0n) is 8.73. The van der Waals surface area contributed by atoms with Gasteiger partial charge in [0.25, 0.3) is 0 Å². The van der Waals surface area contributed by atoms with Crippen LogP contribution in [0.15, 0.2) is 29.4 Å². The lowest BCUT2D eigenvalue weighted by molar-refractivity contribution is 0.395. The van der Waals surface area contributed by atoms with Gasteiger partial charge in [-0.1, -0.05) is 12.1 Å². The second-order valence-electron chi connectivity index (χ2n) is 4.29. The van der Waals surface area contributed by atoms with Crippen LogP contribution in [-0.4, -0.2) is 6.04 Å². The molecule has 0 saturated heterocycles. The van der Waals surface area contributed by atoms with Gasteiger partial charge in [-0.15, -0.1) is 4.91 Å². The largest absolute Gasteiger partial charge is 0.328 e. The summed E-state index contributed by atoms with van der Waals surface area (Å²) in [5.74, 6) is 0.616. The van der Waals surface area contributed by atoms with Crippen LogP contribution in [0.5, 0.6) is 0 Å². The number of nitroso groups, excluding NO2 is 1. The summed E-state index contributed by atoms with van der Waals surface area (Å²) in [7, 11) is 0. The minimum atomic E-state index is 0.386. The molecule has 2 N–H and O–H groups in total. The number of rotatable bonds is 2. The summed E-state index contributed by atoms with van der Waals surface area (Å²) in [6, 6.07) is 7.99. The molecule has 1 aromatic carbocycles. The van der Waals surface area contributed by atoms with Crippen molar-refractivity contribution in [1.82, 2.24) is 0 Å². The molecule has 1 fully saturated rings. The van der Waals surface area contributed by atoms with Crippen LogP contribution in [0.1, 0.15) is 37.2 Å². The average molecular weight is 204 g/mol. The fraction of sp³-hybridized carbons (Fsp3) is 0.500. The molecule has 0 heterocycles. The predicted octanol–water partition coefficient (Wildman–Crippen LogP) is 3.07. The van der Waals surface area contributed by atoms with Gasteiger partial charge in [0.15, 0.2) is 0 Å². The standard InChI is InChI=1S/C12H16N2O/c13-11-5-1-9(2-6-11)10-3-7-12(14-15)8-4-10/h3-4,7-9,11H,1-2,5-6,13H2. The van der Waals surface area contributed by atoms with Gasteiger partial charge < -0.3 is 5.73 Å². The van der Waals surface area contributed by atoms with Gasteiger partial charge >= 0.3 is 0 Å². The monoisotopic (exact) mass is 204 g/mol. The van der Waals surface area contributed by atoms with E-state index >= 15 is 0 Å². The van der Waals surface area contributed by atoms with Crippen LogP contribution < -0.4 is 5.73 Å². The van der Waals surface area contributed by atoms with E-state index in [1.165, 1.54) is 5.56 Å². The molecule has 2 rings (SSSR count). The molecule has 1 saturated carbocycles. The molecular formula is C12H16N2O. The predicted molar refractivity (Wildman–Crippen MR) is 61.1 cm³/mol. The Morgan fingerprint density at radius 3 is 2.20 bits per heavy atom. The molecule has 15 heavy (non-hydrogen) atoms. The van der Waals surface area contributed by atoms with Gasteiger partial charge in [0, 0.05) is 6.04 Å². The Hall–Kier alpha value is -1.22. The zero-order valence-corrected chi connectivity index (χ0v) is 8.73. The molecular weight excluding hydrogens is 188 g/mol. The first-order valence-corrected chi connectivity index (χ1v) is 5.48. The molecule has 1 aromatic rings. The first-order valence-electron chi connectivity index (χ1n) is 5.48. The van der Waals surface area contributed by atoms with Gasteiger partial charge in [0.2, 0.25) is 0 Å². The number of hydrogen-bond donors (Lipinski definition) is 1. The second-order valence-corrected chi connectivity index (χ2v) is 4.29. The normalized spacial score (nSPS) is 26.2. The first-order chi connectivity index (χ1) is 7.29. The first kappa shape index (κ1) is 10.3. The Labute approximate surface area is 89.6 Å². The van der Waals surface area contributed by atoms with Crippen molar-refractivity contribution in [1.29, 1.82) is 0 Å². The van der Waals surface area contributed by atoms with Crippen molar-refractivity contribution in [3.8, 4) is 0 Å². The lowest BCUT2D eigenvalue weighted by Crippen LogP contribution is -2.25. The van der Waals surface area contributed by atoms with E-state index in [2.05, 4.69) is 5.18 Å². The maximum atomic E-state index is 10.3. The quantitative estimate of drug-likeness (QED) is 0.752. The second kappa shape index (κ2) is 4.53. The summed E-state index contributed by atoms with van der Waals surface area (Å²) < 4.78 is 0. The highest BCUT2D eigenvalue weighted by molar-refractivity contribution is 5.39. The number of hydrogen-bond acceptors (Lipinski definition) is 3. The third kappa shape index (κ3) is 2.42. The van der Waals surface area contributed by atoms with Gasteiger partial charge in [-0.25, -0.2) is 0 Å². The van der Waals surface area contributed by atoms with Gasteiger partial charge in [-0.05, 0) is 54.5 Å². The van der Waals surface area contributed by atoms with Gasteiger partial charge in [-0.2, -0.15) is 0 Å². The van der Waals surface area contributed by atoms with Crippen molar-refractivity contribution < 1.29 is 0 Å². The fourth-order valence-electron chi connectivity index (χ4n) is 2.26. The minimum absolute atomic E-state index is 0.386. The smallest absolute Gasteiger partial charge is 0.108 e. The van der Waals surface area contributed by atoms with Crippen molar-refractivity contribution in [3.63, 3.8) is 0 Å². The highest BCUT2D eigenvalue weighted by Gasteiger charge is 2.19.